The van der Waals surface area contributed by atoms with E-state index in [0.29, 0.717) is 12.0 Å². The van der Waals surface area contributed by atoms with Crippen molar-refractivity contribution in [3.8, 4) is 0 Å². The first-order valence-electron chi connectivity index (χ1n) is 6.76. The molecule has 0 spiro atoms. The Morgan fingerprint density at radius 1 is 1.24 bits per heavy atom. The predicted molar refractivity (Wildman–Crippen MR) is 79.6 cm³/mol. The van der Waals surface area contributed by atoms with Crippen molar-refractivity contribution in [3.05, 3.63) is 75.6 Å². The maximum Gasteiger partial charge on any atom is 0.272 e. The van der Waals surface area contributed by atoms with Gasteiger partial charge < -0.3 is 5.32 Å². The van der Waals surface area contributed by atoms with Crippen LogP contribution in [-0.4, -0.2) is 12.0 Å². The van der Waals surface area contributed by atoms with Crippen molar-refractivity contribution >= 4 is 5.69 Å². The summed E-state index contributed by atoms with van der Waals surface area (Å²) in [5, 5.41) is 14.0. The number of rotatable bonds is 6. The molecule has 21 heavy (non-hydrogen) atoms. The zero-order chi connectivity index (χ0) is 15.2. The normalized spacial score (nSPS) is 12.1. The first kappa shape index (κ1) is 15.1. The van der Waals surface area contributed by atoms with Crippen molar-refractivity contribution < 1.29 is 9.31 Å². The summed E-state index contributed by atoms with van der Waals surface area (Å²) in [4.78, 5) is 10.2. The quantitative estimate of drug-likeness (QED) is 0.652. The fraction of sp³-hybridized carbons (Fsp3) is 0.250. The fourth-order valence-corrected chi connectivity index (χ4v) is 2.36. The zero-order valence-electron chi connectivity index (χ0n) is 11.8. The third kappa shape index (κ3) is 4.10. The van der Waals surface area contributed by atoms with Gasteiger partial charge in [-0.3, -0.25) is 10.1 Å². The third-order valence-electron chi connectivity index (χ3n) is 3.43. The van der Waals surface area contributed by atoms with Crippen molar-refractivity contribution in [3.63, 3.8) is 0 Å². The van der Waals surface area contributed by atoms with E-state index >= 15 is 0 Å². The lowest BCUT2D eigenvalue weighted by atomic mass is 9.99. The van der Waals surface area contributed by atoms with Crippen molar-refractivity contribution in [2.75, 3.05) is 7.05 Å². The molecule has 1 N–H and O–H groups in total. The molecule has 0 saturated heterocycles. The molecule has 0 heterocycles. The van der Waals surface area contributed by atoms with Gasteiger partial charge in [0, 0.05) is 12.1 Å². The van der Waals surface area contributed by atoms with Gasteiger partial charge in [0.15, 0.2) is 0 Å². The van der Waals surface area contributed by atoms with Gasteiger partial charge in [-0.15, -0.1) is 0 Å². The van der Waals surface area contributed by atoms with Gasteiger partial charge in [0.1, 0.15) is 5.82 Å². The molecule has 2 aromatic carbocycles. The summed E-state index contributed by atoms with van der Waals surface area (Å²) >= 11 is 0. The summed E-state index contributed by atoms with van der Waals surface area (Å²) in [6.45, 7) is 0. The molecule has 110 valence electrons. The molecule has 0 fully saturated rings. The molecule has 0 aromatic heterocycles. The average Bonchev–Trinajstić information content (AvgIpc) is 2.48. The minimum atomic E-state index is -0.570. The van der Waals surface area contributed by atoms with E-state index in [1.165, 1.54) is 12.1 Å². The summed E-state index contributed by atoms with van der Waals surface area (Å²) in [6, 6.07) is 13.8. The summed E-state index contributed by atoms with van der Waals surface area (Å²) in [7, 11) is 1.87. The number of benzene rings is 2. The van der Waals surface area contributed by atoms with Gasteiger partial charge >= 0.3 is 0 Å². The van der Waals surface area contributed by atoms with Crippen LogP contribution in [0.1, 0.15) is 23.6 Å². The van der Waals surface area contributed by atoms with Gasteiger partial charge in [0.05, 0.1) is 11.0 Å². The van der Waals surface area contributed by atoms with E-state index in [1.807, 2.05) is 37.4 Å². The summed E-state index contributed by atoms with van der Waals surface area (Å²) in [5.74, 6) is -0.570. The number of nitro benzene ring substituents is 1. The molecule has 2 aromatic rings. The predicted octanol–water partition coefficient (Wildman–Crippen LogP) is 3.63. The van der Waals surface area contributed by atoms with Gasteiger partial charge in [-0.2, -0.15) is 0 Å². The summed E-state index contributed by atoms with van der Waals surface area (Å²) < 4.78 is 13.4. The molecule has 1 atom stereocenters. The zero-order valence-corrected chi connectivity index (χ0v) is 11.8. The minimum absolute atomic E-state index is 0.133. The Bertz CT molecular complexity index is 617. The van der Waals surface area contributed by atoms with Crippen LogP contribution < -0.4 is 5.32 Å². The van der Waals surface area contributed by atoms with E-state index in [4.69, 9.17) is 0 Å². The van der Waals surface area contributed by atoms with Crippen molar-refractivity contribution in [1.82, 2.24) is 5.32 Å². The number of nitrogens with zero attached hydrogens (tertiary/aromatic N) is 1. The molecule has 2 rings (SSSR count). The van der Waals surface area contributed by atoms with E-state index in [9.17, 15) is 14.5 Å². The van der Waals surface area contributed by atoms with Crippen molar-refractivity contribution in [1.29, 1.82) is 0 Å². The molecule has 0 bridgehead atoms. The van der Waals surface area contributed by atoms with Gasteiger partial charge in [-0.1, -0.05) is 30.3 Å². The van der Waals surface area contributed by atoms with Gasteiger partial charge in [0.25, 0.3) is 5.69 Å². The van der Waals surface area contributed by atoms with Crippen LogP contribution in [0.2, 0.25) is 0 Å². The SMILES string of the molecule is CNC(CCc1cc(F)cc([N+](=O)[O-])c1)c1ccccc1. The molecule has 4 nitrogen and oxygen atoms in total. The van der Waals surface area contributed by atoms with Crippen LogP contribution in [0.3, 0.4) is 0 Å². The van der Waals surface area contributed by atoms with E-state index in [0.717, 1.165) is 18.1 Å². The van der Waals surface area contributed by atoms with Crippen LogP contribution in [0, 0.1) is 15.9 Å². The van der Waals surface area contributed by atoms with E-state index in [1.54, 1.807) is 0 Å². The highest BCUT2D eigenvalue weighted by Crippen LogP contribution is 2.22. The molecule has 0 saturated carbocycles. The highest BCUT2D eigenvalue weighted by atomic mass is 19.1. The monoisotopic (exact) mass is 288 g/mol. The fourth-order valence-electron chi connectivity index (χ4n) is 2.36. The first-order valence-corrected chi connectivity index (χ1v) is 6.76. The number of aryl methyl sites for hydroxylation is 1. The van der Waals surface area contributed by atoms with Crippen LogP contribution >= 0.6 is 0 Å². The summed E-state index contributed by atoms with van der Waals surface area (Å²) in [5.41, 5.74) is 1.58. The topological polar surface area (TPSA) is 55.2 Å². The highest BCUT2D eigenvalue weighted by Gasteiger charge is 2.12. The number of hydrogen-bond acceptors (Lipinski definition) is 3. The Labute approximate surface area is 122 Å². The smallest absolute Gasteiger partial charge is 0.272 e. The lowest BCUT2D eigenvalue weighted by molar-refractivity contribution is -0.385. The number of nitrogens with one attached hydrogen (secondary N) is 1. The maximum absolute atomic E-state index is 13.4. The standard InChI is InChI=1S/C16H17FN2O2/c1-18-16(13-5-3-2-4-6-13)8-7-12-9-14(17)11-15(10-12)19(20)21/h2-6,9-11,16,18H,7-8H2,1H3. The van der Waals surface area contributed by atoms with E-state index in [-0.39, 0.29) is 11.7 Å². The van der Waals surface area contributed by atoms with Crippen LogP contribution in [0.25, 0.3) is 0 Å². The van der Waals surface area contributed by atoms with Gasteiger partial charge in [0.2, 0.25) is 0 Å². The molecule has 0 aliphatic rings. The average molecular weight is 288 g/mol. The van der Waals surface area contributed by atoms with E-state index < -0.39 is 10.7 Å². The molecule has 0 radical (unpaired) electrons. The van der Waals surface area contributed by atoms with E-state index in [2.05, 4.69) is 5.32 Å². The molecule has 5 heteroatoms. The minimum Gasteiger partial charge on any atom is -0.313 e. The Hall–Kier alpha value is -2.27. The second-order valence-corrected chi connectivity index (χ2v) is 4.87. The van der Waals surface area contributed by atoms with Crippen molar-refractivity contribution in [2.24, 2.45) is 0 Å². The highest BCUT2D eigenvalue weighted by molar-refractivity contribution is 5.35. The summed E-state index contributed by atoms with van der Waals surface area (Å²) in [6.07, 6.45) is 1.31. The lowest BCUT2D eigenvalue weighted by Gasteiger charge is -2.16. The van der Waals surface area contributed by atoms with Gasteiger partial charge in [-0.05, 0) is 37.1 Å². The number of nitro groups is 1. The van der Waals surface area contributed by atoms with Gasteiger partial charge in [-0.25, -0.2) is 4.39 Å². The number of hydrogen-bond donors (Lipinski definition) is 1. The van der Waals surface area contributed by atoms with Crippen LogP contribution in [0.15, 0.2) is 48.5 Å². The Morgan fingerprint density at radius 3 is 2.57 bits per heavy atom. The number of non-ortho nitro benzene ring substituents is 1. The molecule has 0 aliphatic carbocycles. The largest absolute Gasteiger partial charge is 0.313 e. The molecule has 0 amide bonds. The molecule has 0 aliphatic heterocycles. The van der Waals surface area contributed by atoms with Crippen LogP contribution in [0.5, 0.6) is 0 Å². The third-order valence-corrected chi connectivity index (χ3v) is 3.43. The number of halogens is 1. The molecular weight excluding hydrogens is 271 g/mol. The first-order chi connectivity index (χ1) is 10.1. The van der Waals surface area contributed by atoms with Crippen LogP contribution in [0.4, 0.5) is 10.1 Å². The Kier molecular flexibility index (Phi) is 5.00. The van der Waals surface area contributed by atoms with Crippen molar-refractivity contribution in [2.45, 2.75) is 18.9 Å². The second-order valence-electron chi connectivity index (χ2n) is 4.87. The second kappa shape index (κ2) is 6.95. The maximum atomic E-state index is 13.4. The lowest BCUT2D eigenvalue weighted by Crippen LogP contribution is -2.17. The Morgan fingerprint density at radius 2 is 1.95 bits per heavy atom. The molecular formula is C16H17FN2O2. The van der Waals surface area contributed by atoms with Crippen LogP contribution in [-0.2, 0) is 6.42 Å². The molecule has 1 unspecified atom stereocenters. The Balaban J connectivity index is 2.10.